The van der Waals surface area contributed by atoms with Gasteiger partial charge in [-0.3, -0.25) is 9.59 Å². The number of alkyl carbamates (subject to hydrolysis) is 1. The number of amides is 2. The zero-order chi connectivity index (χ0) is 24.3. The van der Waals surface area contributed by atoms with E-state index in [1.165, 1.54) is 0 Å². The Bertz CT molecular complexity index is 1030. The van der Waals surface area contributed by atoms with Gasteiger partial charge in [-0.05, 0) is 53.9 Å². The Kier molecular flexibility index (Phi) is 6.91. The maximum atomic E-state index is 12.9. The quantitative estimate of drug-likeness (QED) is 0.486. The standard InChI is InChI=1S/C27H32N2O5/c1-3-27(4-2,25(31)32)16-28-24(30)23(17-13-14-17)29-26(33)34-15-22-20-11-7-5-9-18(20)19-10-6-8-12-21(19)22/h5-12,17,22-23H,3-4,13-16H2,1-2H3,(H,28,30)(H,29,33)(H,31,32). The molecule has 180 valence electrons. The molecule has 7 heteroatoms. The lowest BCUT2D eigenvalue weighted by molar-refractivity contribution is -0.149. The monoisotopic (exact) mass is 464 g/mol. The van der Waals surface area contributed by atoms with Gasteiger partial charge in [0, 0.05) is 12.5 Å². The number of carbonyl (C=O) groups is 3. The maximum Gasteiger partial charge on any atom is 0.407 e. The highest BCUT2D eigenvalue weighted by Crippen LogP contribution is 2.44. The molecule has 1 atom stereocenters. The van der Waals surface area contributed by atoms with Crippen molar-refractivity contribution in [2.45, 2.75) is 51.5 Å². The number of hydrogen-bond acceptors (Lipinski definition) is 4. The van der Waals surface area contributed by atoms with Crippen molar-refractivity contribution in [3.8, 4) is 11.1 Å². The largest absolute Gasteiger partial charge is 0.481 e. The summed E-state index contributed by atoms with van der Waals surface area (Å²) in [4.78, 5) is 37.3. The number of rotatable bonds is 10. The van der Waals surface area contributed by atoms with Gasteiger partial charge in [0.15, 0.2) is 0 Å². The lowest BCUT2D eigenvalue weighted by Gasteiger charge is -2.28. The SMILES string of the molecule is CCC(CC)(CNC(=O)C(NC(=O)OCC1c2ccccc2-c2ccccc21)C1CC1)C(=O)O. The third-order valence-corrected chi connectivity index (χ3v) is 7.40. The van der Waals surface area contributed by atoms with Crippen LogP contribution in [-0.4, -0.2) is 42.3 Å². The van der Waals surface area contributed by atoms with Crippen molar-refractivity contribution < 1.29 is 24.2 Å². The second-order valence-electron chi connectivity index (χ2n) is 9.30. The first-order chi connectivity index (χ1) is 16.4. The number of carboxylic acid groups (broad SMARTS) is 1. The number of hydrogen-bond donors (Lipinski definition) is 3. The third kappa shape index (κ3) is 4.65. The van der Waals surface area contributed by atoms with E-state index in [2.05, 4.69) is 34.9 Å². The van der Waals surface area contributed by atoms with E-state index >= 15 is 0 Å². The van der Waals surface area contributed by atoms with Crippen LogP contribution in [-0.2, 0) is 14.3 Å². The fourth-order valence-electron chi connectivity index (χ4n) is 4.84. The molecule has 0 saturated heterocycles. The molecule has 0 spiro atoms. The summed E-state index contributed by atoms with van der Waals surface area (Å²) < 4.78 is 5.60. The highest BCUT2D eigenvalue weighted by Gasteiger charge is 2.40. The van der Waals surface area contributed by atoms with Crippen LogP contribution in [0.4, 0.5) is 4.79 Å². The highest BCUT2D eigenvalue weighted by atomic mass is 16.5. The lowest BCUT2D eigenvalue weighted by atomic mass is 9.82. The van der Waals surface area contributed by atoms with Crippen LogP contribution in [0.2, 0.25) is 0 Å². The molecule has 1 saturated carbocycles. The zero-order valence-corrected chi connectivity index (χ0v) is 19.7. The first-order valence-electron chi connectivity index (χ1n) is 12.0. The number of carboxylic acids is 1. The second kappa shape index (κ2) is 9.87. The van der Waals surface area contributed by atoms with Crippen molar-refractivity contribution in [3.63, 3.8) is 0 Å². The molecule has 1 unspecified atom stereocenters. The van der Waals surface area contributed by atoms with E-state index in [4.69, 9.17) is 4.74 Å². The minimum absolute atomic E-state index is 0.0315. The van der Waals surface area contributed by atoms with Crippen LogP contribution in [0.3, 0.4) is 0 Å². The minimum Gasteiger partial charge on any atom is -0.481 e. The summed E-state index contributed by atoms with van der Waals surface area (Å²) in [5, 5.41) is 15.1. The van der Waals surface area contributed by atoms with E-state index < -0.39 is 23.5 Å². The van der Waals surface area contributed by atoms with Crippen molar-refractivity contribution >= 4 is 18.0 Å². The van der Waals surface area contributed by atoms with Crippen LogP contribution < -0.4 is 10.6 Å². The predicted octanol–water partition coefficient (Wildman–Crippen LogP) is 4.31. The van der Waals surface area contributed by atoms with Gasteiger partial charge in [0.1, 0.15) is 12.6 Å². The number of nitrogens with one attached hydrogen (secondary N) is 2. The van der Waals surface area contributed by atoms with Crippen molar-refractivity contribution in [3.05, 3.63) is 59.7 Å². The molecule has 2 aliphatic rings. The van der Waals surface area contributed by atoms with E-state index in [1.54, 1.807) is 13.8 Å². The molecule has 34 heavy (non-hydrogen) atoms. The Morgan fingerprint density at radius 2 is 1.56 bits per heavy atom. The van der Waals surface area contributed by atoms with Crippen molar-refractivity contribution in [2.24, 2.45) is 11.3 Å². The van der Waals surface area contributed by atoms with Gasteiger partial charge in [-0.15, -0.1) is 0 Å². The van der Waals surface area contributed by atoms with E-state index in [1.807, 2.05) is 24.3 Å². The van der Waals surface area contributed by atoms with E-state index in [9.17, 15) is 19.5 Å². The molecule has 0 heterocycles. The topological polar surface area (TPSA) is 105 Å². The van der Waals surface area contributed by atoms with Crippen molar-refractivity contribution in [2.75, 3.05) is 13.2 Å². The first kappa shape index (κ1) is 23.8. The van der Waals surface area contributed by atoms with Gasteiger partial charge in [0.05, 0.1) is 5.41 Å². The van der Waals surface area contributed by atoms with Crippen LogP contribution in [0.25, 0.3) is 11.1 Å². The van der Waals surface area contributed by atoms with Gasteiger partial charge in [0.2, 0.25) is 5.91 Å². The zero-order valence-electron chi connectivity index (χ0n) is 19.7. The molecule has 0 bridgehead atoms. The van der Waals surface area contributed by atoms with E-state index in [0.717, 1.165) is 35.1 Å². The number of aliphatic carboxylic acids is 1. The summed E-state index contributed by atoms with van der Waals surface area (Å²) in [6.07, 6.45) is 1.87. The second-order valence-corrected chi connectivity index (χ2v) is 9.30. The summed E-state index contributed by atoms with van der Waals surface area (Å²) in [5.74, 6) is -1.30. The molecule has 3 N–H and O–H groups in total. The summed E-state index contributed by atoms with van der Waals surface area (Å²) in [6, 6.07) is 15.5. The van der Waals surface area contributed by atoms with Crippen LogP contribution in [0, 0.1) is 11.3 Å². The maximum absolute atomic E-state index is 12.9. The van der Waals surface area contributed by atoms with Crippen LogP contribution in [0.5, 0.6) is 0 Å². The summed E-state index contributed by atoms with van der Waals surface area (Å²) in [5.41, 5.74) is 3.54. The van der Waals surface area contributed by atoms with Gasteiger partial charge < -0.3 is 20.5 Å². The molecule has 7 nitrogen and oxygen atoms in total. The van der Waals surface area contributed by atoms with Gasteiger partial charge in [-0.25, -0.2) is 4.79 Å². The smallest absolute Gasteiger partial charge is 0.407 e. The van der Waals surface area contributed by atoms with Crippen molar-refractivity contribution in [1.29, 1.82) is 0 Å². The van der Waals surface area contributed by atoms with Crippen molar-refractivity contribution in [1.82, 2.24) is 10.6 Å². The molecule has 1 fully saturated rings. The average molecular weight is 465 g/mol. The van der Waals surface area contributed by atoms with Gasteiger partial charge in [0.25, 0.3) is 0 Å². The van der Waals surface area contributed by atoms with Gasteiger partial charge in [-0.2, -0.15) is 0 Å². The number of carbonyl (C=O) groups excluding carboxylic acids is 2. The Hall–Kier alpha value is -3.35. The average Bonchev–Trinajstić information content (AvgIpc) is 3.64. The summed E-state index contributed by atoms with van der Waals surface area (Å²) >= 11 is 0. The molecule has 2 amide bonds. The molecule has 2 aromatic rings. The Morgan fingerprint density at radius 3 is 2.06 bits per heavy atom. The minimum atomic E-state index is -1.01. The molecule has 2 aromatic carbocycles. The fraction of sp³-hybridized carbons (Fsp3) is 0.444. The van der Waals surface area contributed by atoms with Gasteiger partial charge >= 0.3 is 12.1 Å². The molecule has 2 aliphatic carbocycles. The molecule has 0 aliphatic heterocycles. The first-order valence-corrected chi connectivity index (χ1v) is 12.0. The van der Waals surface area contributed by atoms with Crippen LogP contribution >= 0.6 is 0 Å². The highest BCUT2D eigenvalue weighted by molar-refractivity contribution is 5.87. The summed E-state index contributed by atoms with van der Waals surface area (Å²) in [6.45, 7) is 3.81. The Labute approximate surface area is 199 Å². The Balaban J connectivity index is 1.38. The van der Waals surface area contributed by atoms with Crippen LogP contribution in [0.15, 0.2) is 48.5 Å². The molecular formula is C27H32N2O5. The fourth-order valence-corrected chi connectivity index (χ4v) is 4.84. The number of fused-ring (bicyclic) bond motifs is 3. The Morgan fingerprint density at radius 1 is 1.00 bits per heavy atom. The van der Waals surface area contributed by atoms with Crippen LogP contribution in [0.1, 0.15) is 56.6 Å². The molecule has 0 aromatic heterocycles. The molecule has 0 radical (unpaired) electrons. The lowest BCUT2D eigenvalue weighted by Crippen LogP contribution is -2.51. The summed E-state index contributed by atoms with van der Waals surface area (Å²) in [7, 11) is 0. The number of benzene rings is 2. The number of ether oxygens (including phenoxy) is 1. The van der Waals surface area contributed by atoms with E-state index in [0.29, 0.717) is 12.8 Å². The molecule has 4 rings (SSSR count). The van der Waals surface area contributed by atoms with Gasteiger partial charge in [-0.1, -0.05) is 62.4 Å². The normalized spacial score (nSPS) is 15.7. The van der Waals surface area contributed by atoms with E-state index in [-0.39, 0.29) is 30.9 Å². The third-order valence-electron chi connectivity index (χ3n) is 7.40. The predicted molar refractivity (Wildman–Crippen MR) is 128 cm³/mol. The molecular weight excluding hydrogens is 432 g/mol.